The lowest BCUT2D eigenvalue weighted by atomic mass is 9.94. The summed E-state index contributed by atoms with van der Waals surface area (Å²) >= 11 is 0. The van der Waals surface area contributed by atoms with Gasteiger partial charge >= 0.3 is 5.97 Å². The lowest BCUT2D eigenvalue weighted by Crippen LogP contribution is -2.13. The molecule has 0 heterocycles. The second-order valence-electron chi connectivity index (χ2n) is 9.30. The Hall–Kier alpha value is -1.13. The molecule has 0 aliphatic heterocycles. The molecule has 5 heteroatoms. The quantitative estimate of drug-likeness (QED) is 0.0871. The van der Waals surface area contributed by atoms with Crippen LogP contribution in [0.15, 0.2) is 5.34 Å². The van der Waals surface area contributed by atoms with E-state index in [9.17, 15) is 14.8 Å². The zero-order valence-corrected chi connectivity index (χ0v) is 20.6. The molecule has 5 nitrogen and oxygen atoms in total. The molecule has 0 saturated carbocycles. The van der Waals surface area contributed by atoms with Crippen molar-refractivity contribution in [1.82, 2.24) is 0 Å². The molecule has 0 bridgehead atoms. The van der Waals surface area contributed by atoms with E-state index in [4.69, 9.17) is 4.84 Å². The monoisotopic (exact) mass is 441 g/mol. The summed E-state index contributed by atoms with van der Waals surface area (Å²) in [7, 11) is 0. The second-order valence-corrected chi connectivity index (χ2v) is 9.30. The summed E-state index contributed by atoms with van der Waals surface area (Å²) in [6.07, 6.45) is 23.7. The van der Waals surface area contributed by atoms with Crippen molar-refractivity contribution in [1.29, 1.82) is 0 Å². The highest BCUT2D eigenvalue weighted by molar-refractivity contribution is 5.69. The lowest BCUT2D eigenvalue weighted by Gasteiger charge is -2.13. The van der Waals surface area contributed by atoms with Gasteiger partial charge in [0, 0.05) is 0 Å². The number of aliphatic carboxylic acids is 1. The zero-order valence-electron chi connectivity index (χ0n) is 20.6. The van der Waals surface area contributed by atoms with Crippen LogP contribution in [0.5, 0.6) is 0 Å². The fourth-order valence-electron chi connectivity index (χ4n) is 4.32. The molecule has 0 aromatic heterocycles. The van der Waals surface area contributed by atoms with Crippen LogP contribution in [-0.4, -0.2) is 17.2 Å². The van der Waals surface area contributed by atoms with Gasteiger partial charge in [-0.25, -0.2) is 0 Å². The number of carbonyl (C=O) groups is 1. The first-order chi connectivity index (χ1) is 15.2. The fourth-order valence-corrected chi connectivity index (χ4v) is 4.32. The van der Waals surface area contributed by atoms with E-state index < -0.39 is 5.97 Å². The predicted molar refractivity (Wildman–Crippen MR) is 130 cm³/mol. The molecule has 2 unspecified atom stereocenters. The molecule has 0 radical (unpaired) electrons. The van der Waals surface area contributed by atoms with Gasteiger partial charge in [0.25, 0.3) is 0 Å². The van der Waals surface area contributed by atoms with E-state index >= 15 is 0 Å². The highest BCUT2D eigenvalue weighted by atomic mass is 16.7. The molecular formula is C26H51NO4. The number of unbranched alkanes of at least 4 members (excludes halogenated alkanes) is 14. The van der Waals surface area contributed by atoms with Crippen LogP contribution in [0.4, 0.5) is 0 Å². The summed E-state index contributed by atoms with van der Waals surface area (Å²) in [5, 5.41) is 12.1. The van der Waals surface area contributed by atoms with Crippen molar-refractivity contribution >= 4 is 5.97 Å². The normalized spacial score (nSPS) is 13.1. The van der Waals surface area contributed by atoms with Crippen molar-refractivity contribution < 1.29 is 14.7 Å². The highest BCUT2D eigenvalue weighted by Gasteiger charge is 2.16. The van der Waals surface area contributed by atoms with Gasteiger partial charge in [0.2, 0.25) is 0 Å². The van der Waals surface area contributed by atoms with Gasteiger partial charge in [-0.1, -0.05) is 110 Å². The van der Waals surface area contributed by atoms with Crippen LogP contribution in [0.3, 0.4) is 0 Å². The number of carboxylic acids is 1. The number of rotatable bonds is 25. The molecule has 31 heavy (non-hydrogen) atoms. The smallest absolute Gasteiger partial charge is 0.306 e. The van der Waals surface area contributed by atoms with E-state index in [-0.39, 0.29) is 12.0 Å². The molecular weight excluding hydrogens is 390 g/mol. The van der Waals surface area contributed by atoms with Gasteiger partial charge in [-0.2, -0.15) is 0 Å². The first-order valence-electron chi connectivity index (χ1n) is 13.4. The lowest BCUT2D eigenvalue weighted by molar-refractivity contribution is -0.142. The molecule has 0 aromatic carbocycles. The van der Waals surface area contributed by atoms with Gasteiger partial charge in [0.05, 0.1) is 5.92 Å². The van der Waals surface area contributed by atoms with Crippen LogP contribution in [0.25, 0.3) is 0 Å². The summed E-state index contributed by atoms with van der Waals surface area (Å²) < 4.78 is 0. The Balaban J connectivity index is 3.65. The van der Waals surface area contributed by atoms with Gasteiger partial charge in [0.15, 0.2) is 5.34 Å². The molecule has 0 amide bonds. The SMILES string of the molecule is CCCCCCCCC(CCCCCCCCCC(CCCCCC)ON=O)C(=O)O. The Kier molecular flexibility index (Phi) is 22.7. The maximum Gasteiger partial charge on any atom is 0.306 e. The largest absolute Gasteiger partial charge is 0.481 e. The van der Waals surface area contributed by atoms with E-state index in [0.717, 1.165) is 57.8 Å². The Morgan fingerprint density at radius 2 is 1.00 bits per heavy atom. The van der Waals surface area contributed by atoms with Gasteiger partial charge < -0.3 is 9.94 Å². The molecule has 0 saturated heterocycles. The second kappa shape index (κ2) is 23.5. The van der Waals surface area contributed by atoms with Crippen LogP contribution in [0.2, 0.25) is 0 Å². The van der Waals surface area contributed by atoms with Crippen molar-refractivity contribution in [3.8, 4) is 0 Å². The van der Waals surface area contributed by atoms with Crippen LogP contribution in [0.1, 0.15) is 149 Å². The zero-order chi connectivity index (χ0) is 23.0. The molecule has 0 aliphatic carbocycles. The van der Waals surface area contributed by atoms with Gasteiger partial charge in [-0.05, 0) is 38.5 Å². The minimum Gasteiger partial charge on any atom is -0.481 e. The summed E-state index contributed by atoms with van der Waals surface area (Å²) in [6, 6.07) is 0. The molecule has 0 rings (SSSR count). The number of carboxylic acid groups (broad SMARTS) is 1. The highest BCUT2D eigenvalue weighted by Crippen LogP contribution is 2.20. The summed E-state index contributed by atoms with van der Waals surface area (Å²) in [4.78, 5) is 26.9. The maximum absolute atomic E-state index is 11.5. The summed E-state index contributed by atoms with van der Waals surface area (Å²) in [5.41, 5.74) is 0. The number of nitrogens with zero attached hydrogens (tertiary/aromatic N) is 1. The molecule has 2 atom stereocenters. The van der Waals surface area contributed by atoms with Gasteiger partial charge in [-0.3, -0.25) is 4.79 Å². The average molecular weight is 442 g/mol. The topological polar surface area (TPSA) is 76.0 Å². The third-order valence-corrected chi connectivity index (χ3v) is 6.41. The molecule has 1 N–H and O–H groups in total. The van der Waals surface area contributed by atoms with E-state index in [0.29, 0.717) is 0 Å². The molecule has 0 aliphatic rings. The average Bonchev–Trinajstić information content (AvgIpc) is 2.75. The third kappa shape index (κ3) is 20.5. The Labute approximate surface area is 192 Å². The standard InChI is InChI=1S/C26H51NO4/c1-3-5-7-9-13-16-20-24(26(28)29)21-17-14-11-10-12-15-19-23-25(31-27-30)22-18-8-6-4-2/h24-25H,3-23H2,1-2H3,(H,28,29). The van der Waals surface area contributed by atoms with Crippen molar-refractivity contribution in [3.05, 3.63) is 4.91 Å². The molecule has 0 fully saturated rings. The van der Waals surface area contributed by atoms with Gasteiger partial charge in [-0.15, -0.1) is 4.91 Å². The van der Waals surface area contributed by atoms with E-state index in [1.54, 1.807) is 0 Å². The predicted octanol–water partition coefficient (Wildman–Crippen LogP) is 8.99. The van der Waals surface area contributed by atoms with E-state index in [1.165, 1.54) is 77.0 Å². The van der Waals surface area contributed by atoms with Crippen molar-refractivity contribution in [3.63, 3.8) is 0 Å². The van der Waals surface area contributed by atoms with Gasteiger partial charge in [0.1, 0.15) is 6.10 Å². The van der Waals surface area contributed by atoms with Crippen molar-refractivity contribution in [2.75, 3.05) is 0 Å². The van der Waals surface area contributed by atoms with Crippen LogP contribution >= 0.6 is 0 Å². The molecule has 0 spiro atoms. The Morgan fingerprint density at radius 1 is 0.645 bits per heavy atom. The van der Waals surface area contributed by atoms with Crippen molar-refractivity contribution in [2.24, 2.45) is 11.3 Å². The van der Waals surface area contributed by atoms with Crippen LogP contribution in [-0.2, 0) is 9.63 Å². The minimum atomic E-state index is -0.607. The molecule has 184 valence electrons. The Bertz CT molecular complexity index is 403. The van der Waals surface area contributed by atoms with Crippen LogP contribution in [0, 0.1) is 10.8 Å². The molecule has 0 aromatic rings. The number of hydrogen-bond donors (Lipinski definition) is 1. The van der Waals surface area contributed by atoms with Crippen molar-refractivity contribution in [2.45, 2.75) is 155 Å². The first-order valence-corrected chi connectivity index (χ1v) is 13.4. The van der Waals surface area contributed by atoms with Crippen LogP contribution < -0.4 is 0 Å². The third-order valence-electron chi connectivity index (χ3n) is 6.41. The fraction of sp³-hybridized carbons (Fsp3) is 0.962. The summed E-state index contributed by atoms with van der Waals surface area (Å²) in [5.74, 6) is -0.753. The Morgan fingerprint density at radius 3 is 1.39 bits per heavy atom. The van der Waals surface area contributed by atoms with E-state index in [2.05, 4.69) is 19.2 Å². The first kappa shape index (κ1) is 29.9. The van der Waals surface area contributed by atoms with E-state index in [1.807, 2.05) is 0 Å². The minimum absolute atomic E-state index is 0.00560. The number of hydrogen-bond acceptors (Lipinski definition) is 4. The summed E-state index contributed by atoms with van der Waals surface area (Å²) in [6.45, 7) is 4.41. The maximum atomic E-state index is 11.5.